The maximum absolute atomic E-state index is 10.7. The molecule has 11 heavy (non-hydrogen) atoms. The number of azo groups is 1. The van der Waals surface area contributed by atoms with Crippen molar-refractivity contribution in [3.63, 3.8) is 0 Å². The van der Waals surface area contributed by atoms with Crippen LogP contribution in [0, 0.1) is 0 Å². The number of halogens is 4. The van der Waals surface area contributed by atoms with Crippen molar-refractivity contribution in [2.45, 2.75) is 3.36 Å². The van der Waals surface area contributed by atoms with Crippen LogP contribution in [0.5, 0.6) is 0 Å². The fourth-order valence-corrected chi connectivity index (χ4v) is 1.50. The lowest BCUT2D eigenvalue weighted by atomic mass is 10.4. The van der Waals surface area contributed by atoms with E-state index in [0.29, 0.717) is 0 Å². The number of carbonyl (C=O) groups is 1. The average Bonchev–Trinajstić information content (AvgIpc) is 1.95. The first-order valence-corrected chi connectivity index (χ1v) is 4.70. The fourth-order valence-electron chi connectivity index (χ4n) is 0.422. The fraction of sp³-hybridized carbons (Fsp3) is 0.250. The summed E-state index contributed by atoms with van der Waals surface area (Å²) in [7, 11) is 0. The maximum Gasteiger partial charge on any atom is 0.307 e. The second-order valence-electron chi connectivity index (χ2n) is 1.67. The molecule has 0 spiro atoms. The molecule has 1 aliphatic heterocycles. The van der Waals surface area contributed by atoms with Crippen molar-refractivity contribution < 1.29 is 4.79 Å². The Kier molecular flexibility index (Phi) is 2.74. The van der Waals surface area contributed by atoms with Crippen molar-refractivity contribution in [3.05, 3.63) is 10.1 Å². The first-order valence-electron chi connectivity index (χ1n) is 2.36. The normalized spacial score (nSPS) is 22.7. The minimum atomic E-state index is -1.04. The van der Waals surface area contributed by atoms with E-state index in [1.54, 1.807) is 0 Å². The van der Waals surface area contributed by atoms with Crippen molar-refractivity contribution in [1.82, 2.24) is 0 Å². The van der Waals surface area contributed by atoms with E-state index in [1.165, 1.54) is 0 Å². The van der Waals surface area contributed by atoms with Gasteiger partial charge in [0.25, 0.3) is 0 Å². The number of hydrogen-bond acceptors (Lipinski definition) is 2. The summed E-state index contributed by atoms with van der Waals surface area (Å²) in [4.78, 5) is 10.7. The molecular weight excluding hydrogens is 323 g/mol. The van der Waals surface area contributed by atoms with Gasteiger partial charge in [-0.05, 0) is 31.9 Å². The Hall–Kier alpha value is 0.550. The molecule has 0 aromatic heterocycles. The molecule has 0 aromatic rings. The van der Waals surface area contributed by atoms with E-state index in [1.807, 2.05) is 0 Å². The molecule has 1 aliphatic rings. The van der Waals surface area contributed by atoms with Crippen LogP contribution in [0.1, 0.15) is 0 Å². The largest absolute Gasteiger partial charge is 0.307 e. The second kappa shape index (κ2) is 3.12. The van der Waals surface area contributed by atoms with E-state index in [-0.39, 0.29) is 10.1 Å². The molecule has 0 saturated heterocycles. The molecule has 60 valence electrons. The van der Waals surface area contributed by atoms with Crippen LogP contribution in [0.15, 0.2) is 20.3 Å². The van der Waals surface area contributed by atoms with Crippen LogP contribution >= 0.6 is 55.1 Å². The third kappa shape index (κ3) is 1.83. The van der Waals surface area contributed by atoms with Gasteiger partial charge in [-0.3, -0.25) is 4.79 Å². The lowest BCUT2D eigenvalue weighted by molar-refractivity contribution is -0.114. The van der Waals surface area contributed by atoms with Crippen molar-refractivity contribution >= 4 is 61.0 Å². The Morgan fingerprint density at radius 3 is 2.36 bits per heavy atom. The number of hydrogen-bond donors (Lipinski definition) is 0. The van der Waals surface area contributed by atoms with Gasteiger partial charge in [0.2, 0.25) is 3.36 Å². The summed E-state index contributed by atoms with van der Waals surface area (Å²) in [5.74, 6) is -0.633. The number of amides is 1. The van der Waals surface area contributed by atoms with Crippen LogP contribution in [0.4, 0.5) is 0 Å². The average molecular weight is 323 g/mol. The SMILES string of the molecule is O=C1N=NC(Br)(Br)C(Cl)=C1Cl. The van der Waals surface area contributed by atoms with Gasteiger partial charge >= 0.3 is 5.91 Å². The first kappa shape index (κ1) is 9.64. The summed E-state index contributed by atoms with van der Waals surface area (Å²) in [6, 6.07) is 0. The molecule has 0 aromatic carbocycles. The summed E-state index contributed by atoms with van der Waals surface area (Å²) < 4.78 is -1.04. The topological polar surface area (TPSA) is 41.8 Å². The molecule has 7 heteroatoms. The highest BCUT2D eigenvalue weighted by molar-refractivity contribution is 9.25. The molecule has 1 heterocycles. The minimum absolute atomic E-state index is 0.0826. The van der Waals surface area contributed by atoms with Crippen molar-refractivity contribution in [3.8, 4) is 0 Å². The number of carbonyl (C=O) groups excluding carboxylic acids is 1. The van der Waals surface area contributed by atoms with E-state index < -0.39 is 9.26 Å². The molecule has 0 N–H and O–H groups in total. The van der Waals surface area contributed by atoms with E-state index in [0.717, 1.165) is 0 Å². The highest BCUT2D eigenvalue weighted by Gasteiger charge is 2.35. The standard InChI is InChI=1S/C4Br2Cl2N2O/c5-4(6)2(8)1(7)3(11)9-10-4. The molecule has 0 aliphatic carbocycles. The Bertz CT molecular complexity index is 273. The van der Waals surface area contributed by atoms with E-state index in [2.05, 4.69) is 42.1 Å². The number of nitrogens with zero attached hydrogens (tertiary/aromatic N) is 2. The molecule has 0 radical (unpaired) electrons. The second-order valence-corrected chi connectivity index (χ2v) is 5.79. The Balaban J connectivity index is 3.14. The quantitative estimate of drug-likeness (QED) is 0.499. The molecule has 1 rings (SSSR count). The lowest BCUT2D eigenvalue weighted by Gasteiger charge is -2.16. The molecule has 0 saturated carbocycles. The highest BCUT2D eigenvalue weighted by Crippen LogP contribution is 2.43. The van der Waals surface area contributed by atoms with Gasteiger partial charge in [-0.15, -0.1) is 10.2 Å². The van der Waals surface area contributed by atoms with Crippen LogP contribution < -0.4 is 0 Å². The molecule has 0 fully saturated rings. The summed E-state index contributed by atoms with van der Waals surface area (Å²) in [6.07, 6.45) is 0. The van der Waals surface area contributed by atoms with Gasteiger partial charge in [0.15, 0.2) is 0 Å². The predicted octanol–water partition coefficient (Wildman–Crippen LogP) is 3.11. The summed E-state index contributed by atoms with van der Waals surface area (Å²) >= 11 is 17.2. The van der Waals surface area contributed by atoms with E-state index in [4.69, 9.17) is 23.2 Å². The Morgan fingerprint density at radius 1 is 1.36 bits per heavy atom. The third-order valence-electron chi connectivity index (χ3n) is 0.911. The van der Waals surface area contributed by atoms with Crippen LogP contribution in [0.2, 0.25) is 0 Å². The zero-order valence-corrected chi connectivity index (χ0v) is 9.50. The van der Waals surface area contributed by atoms with Crippen LogP contribution in [-0.4, -0.2) is 9.26 Å². The van der Waals surface area contributed by atoms with Crippen LogP contribution in [0.3, 0.4) is 0 Å². The van der Waals surface area contributed by atoms with Gasteiger partial charge < -0.3 is 0 Å². The Morgan fingerprint density at radius 2 is 1.91 bits per heavy atom. The van der Waals surface area contributed by atoms with Gasteiger partial charge in [0.05, 0.1) is 5.03 Å². The summed E-state index contributed by atoms with van der Waals surface area (Å²) in [6.45, 7) is 0. The van der Waals surface area contributed by atoms with E-state index in [9.17, 15) is 4.79 Å². The monoisotopic (exact) mass is 320 g/mol. The molecule has 3 nitrogen and oxygen atoms in total. The zero-order valence-electron chi connectivity index (χ0n) is 4.81. The lowest BCUT2D eigenvalue weighted by Crippen LogP contribution is -2.15. The molecule has 0 bridgehead atoms. The predicted molar refractivity (Wildman–Crippen MR) is 49.2 cm³/mol. The first-order chi connectivity index (χ1) is 4.95. The van der Waals surface area contributed by atoms with Crippen molar-refractivity contribution in [2.24, 2.45) is 10.2 Å². The number of alkyl halides is 2. The Labute approximate surface area is 89.1 Å². The van der Waals surface area contributed by atoms with Crippen molar-refractivity contribution in [1.29, 1.82) is 0 Å². The minimum Gasteiger partial charge on any atom is -0.264 e. The molecule has 0 atom stereocenters. The third-order valence-corrected chi connectivity index (χ3v) is 3.39. The number of rotatable bonds is 0. The van der Waals surface area contributed by atoms with Crippen LogP contribution in [0.25, 0.3) is 0 Å². The maximum atomic E-state index is 10.7. The van der Waals surface area contributed by atoms with Gasteiger partial charge in [0.1, 0.15) is 5.03 Å². The van der Waals surface area contributed by atoms with Gasteiger partial charge in [-0.25, -0.2) is 0 Å². The molecular formula is C4Br2Cl2N2O. The van der Waals surface area contributed by atoms with Gasteiger partial charge in [0, 0.05) is 0 Å². The van der Waals surface area contributed by atoms with E-state index >= 15 is 0 Å². The highest BCUT2D eigenvalue weighted by atomic mass is 79.9. The molecule has 0 unspecified atom stereocenters. The smallest absolute Gasteiger partial charge is 0.264 e. The van der Waals surface area contributed by atoms with Gasteiger partial charge in [-0.2, -0.15) is 0 Å². The summed E-state index contributed by atoms with van der Waals surface area (Å²) in [5, 5.41) is 6.69. The van der Waals surface area contributed by atoms with Crippen molar-refractivity contribution in [2.75, 3.05) is 0 Å². The van der Waals surface area contributed by atoms with Gasteiger partial charge in [-0.1, -0.05) is 23.2 Å². The summed E-state index contributed by atoms with van der Waals surface area (Å²) in [5.41, 5.74) is 0. The zero-order chi connectivity index (χ0) is 8.65. The molecule has 1 amide bonds. The van der Waals surface area contributed by atoms with Crippen LogP contribution in [-0.2, 0) is 4.79 Å².